The smallest absolute Gasteiger partial charge is 0 e. The van der Waals surface area contributed by atoms with Gasteiger partial charge < -0.3 is 0 Å². The Morgan fingerprint density at radius 3 is 0.109 bits per heavy atom. The van der Waals surface area contributed by atoms with Crippen LogP contribution in [0.15, 0.2) is 581 Å². The summed E-state index contributed by atoms with van der Waals surface area (Å²) < 4.78 is 0. The van der Waals surface area contributed by atoms with Crippen LogP contribution in [0.3, 0.4) is 0 Å². The summed E-state index contributed by atoms with van der Waals surface area (Å²) in [4.78, 5) is 0. The normalized spacial score (nSPS) is 3.96. The zero-order valence-corrected chi connectivity index (χ0v) is 50.9. The minimum Gasteiger partial charge on any atom is -0.0687 e. The van der Waals surface area contributed by atoms with E-state index in [4.69, 9.17) is 0 Å². The summed E-state index contributed by atoms with van der Waals surface area (Å²) in [7, 11) is 0. The third-order valence-corrected chi connectivity index (χ3v) is 6.18. The molecule has 0 fully saturated rings. The number of hydrogen-bond donors (Lipinski definition) is 0. The van der Waals surface area contributed by atoms with E-state index < -0.39 is 0 Å². The van der Waals surface area contributed by atoms with Crippen LogP contribution in [0.5, 0.6) is 0 Å². The van der Waals surface area contributed by atoms with Crippen LogP contribution in [0, 0.1) is 0 Å². The van der Waals surface area contributed by atoms with E-state index in [0.717, 1.165) is 0 Å². The Hall–Kier alpha value is -22.0. The molecule has 0 saturated carbocycles. The molecular weight excluding hydrogens is 1210 g/mol. The Bertz CT molecular complexity index is 7600. The van der Waals surface area contributed by atoms with Gasteiger partial charge in [-0.15, -0.1) is 0 Å². The molecule has 0 aromatic rings. The van der Waals surface area contributed by atoms with Crippen molar-refractivity contribution in [2.24, 2.45) is 0 Å². The zero-order chi connectivity index (χ0) is 72.0. The lowest BCUT2D eigenvalue weighted by molar-refractivity contribution is 2.10. The van der Waals surface area contributed by atoms with Crippen LogP contribution in [-0.2, 0) is 0 Å². The van der Waals surface area contributed by atoms with Crippen molar-refractivity contribution < 1.29 is 0 Å². The van der Waals surface area contributed by atoms with E-state index in [2.05, 4.69) is 581 Å². The highest BCUT2D eigenvalue weighted by Crippen LogP contribution is 1.66. The van der Waals surface area contributed by atoms with Crippen LogP contribution in [0.2, 0.25) is 0 Å². The van der Waals surface area contributed by atoms with E-state index in [1.807, 2.05) is 0 Å². The second-order valence-electron chi connectivity index (χ2n) is 12.5. The van der Waals surface area contributed by atoms with Gasteiger partial charge in [0, 0.05) is 464 Å². The third kappa shape index (κ3) is 78.0. The predicted octanol–water partition coefficient (Wildman–Crippen LogP) is 16.2. The van der Waals surface area contributed by atoms with Crippen LogP contribution in [-0.4, -0.2) is 0 Å². The summed E-state index contributed by atoms with van der Waals surface area (Å²) in [6.07, 6.45) is 0. The Balaban J connectivity index is 6.18. The molecule has 101 heavy (non-hydrogen) atoms. The first-order chi connectivity index (χ1) is 50.4. The lowest BCUT2D eigenvalue weighted by Crippen LogP contribution is -1.26. The maximum Gasteiger partial charge on any atom is 0 e. The number of hydrogen-bond acceptors (Lipinski definition) is 0. The summed E-state index contributed by atoms with van der Waals surface area (Å²) in [5.74, 6) is 0. The molecule has 0 atom stereocenters. The molecule has 0 nitrogen and oxygen atoms in total. The molecule has 0 rings (SSSR count). The van der Waals surface area contributed by atoms with Crippen molar-refractivity contribution in [1.29, 1.82) is 0 Å². The molecule has 0 unspecified atom stereocenters. The molecule has 0 N–H and O–H groups in total. The molecule has 0 amide bonds. The summed E-state index contributed by atoms with van der Waals surface area (Å²) in [5.41, 5.74) is 247. The van der Waals surface area contributed by atoms with Gasteiger partial charge in [-0.3, -0.25) is 0 Å². The lowest BCUT2D eigenvalue weighted by Gasteiger charge is -1.41. The largest absolute Gasteiger partial charge is 0.0687 e. The number of rotatable bonds is 0. The Kier molecular flexibility index (Phi) is 60.9. The highest BCUT2D eigenvalue weighted by atomic mass is 13.5. The van der Waals surface area contributed by atoms with Crippen LogP contribution in [0.25, 0.3) is 0 Å². The van der Waals surface area contributed by atoms with E-state index in [1.165, 1.54) is 0 Å². The van der Waals surface area contributed by atoms with Gasteiger partial charge in [-0.05, 0) is 105 Å². The standard InChI is InChI=1S/C101H4/c1-3-5-7-9-11-13-15-17-19-21-23-25-27-29-31-33-35-37-39-41-43-45-47-49-51-53-55-57-59-61-63-65-67-69-71-73-75-77-79-81-83-85-87-89-91-93-95-97-99-101-100-98-96-94-92-90-88-86-84-82-80-78-76-74-72-70-68-66-64-62-60-58-56-54-52-50-48-46-44-42-40-38-36-34-32-30-28-26-24-22-20-18-16-14-12-10-8-6-4-2/h1-2H2. The summed E-state index contributed by atoms with van der Waals surface area (Å²) in [5, 5.41) is 0. The first-order valence-electron chi connectivity index (χ1n) is 25.2. The highest BCUT2D eigenvalue weighted by molar-refractivity contribution is 5.02. The molecule has 0 spiro atoms. The molecule has 0 saturated heterocycles. The van der Waals surface area contributed by atoms with Gasteiger partial charge in [-0.1, -0.05) is 11.5 Å². The van der Waals surface area contributed by atoms with Crippen LogP contribution in [0.4, 0.5) is 0 Å². The predicted molar refractivity (Wildman–Crippen MR) is 359 cm³/mol. The van der Waals surface area contributed by atoms with Gasteiger partial charge in [0.25, 0.3) is 0 Å². The fraction of sp³-hybridized carbons (Fsp3) is 0. The molecule has 0 aromatic carbocycles. The van der Waals surface area contributed by atoms with Crippen LogP contribution < -0.4 is 0 Å². The maximum absolute atomic E-state index is 3.32. The van der Waals surface area contributed by atoms with Gasteiger partial charge in [0.15, 0.2) is 0 Å². The van der Waals surface area contributed by atoms with E-state index in [9.17, 15) is 0 Å². The lowest BCUT2D eigenvalue weighted by atomic mass is 10.6. The van der Waals surface area contributed by atoms with Gasteiger partial charge >= 0.3 is 0 Å². The molecule has 0 heterocycles. The Morgan fingerprint density at radius 1 is 0.0495 bits per heavy atom. The fourth-order valence-corrected chi connectivity index (χ4v) is 3.06. The van der Waals surface area contributed by atoms with E-state index in [0.29, 0.717) is 0 Å². The van der Waals surface area contributed by atoms with Gasteiger partial charge in [-0.2, -0.15) is 0 Å². The van der Waals surface area contributed by atoms with E-state index in [1.54, 1.807) is 0 Å². The molecule has 0 aliphatic heterocycles. The van der Waals surface area contributed by atoms with Gasteiger partial charge in [0.2, 0.25) is 0 Å². The Labute approximate surface area is 576 Å². The van der Waals surface area contributed by atoms with Crippen LogP contribution in [0.1, 0.15) is 0 Å². The monoisotopic (exact) mass is 1220 g/mol. The van der Waals surface area contributed by atoms with Crippen molar-refractivity contribution in [1.82, 2.24) is 0 Å². The average molecular weight is 1220 g/mol. The fourth-order valence-electron chi connectivity index (χ4n) is 3.06. The second-order valence-corrected chi connectivity index (χ2v) is 12.5. The van der Waals surface area contributed by atoms with Crippen LogP contribution >= 0.6 is 0 Å². The summed E-state index contributed by atoms with van der Waals surface area (Å²) >= 11 is 0. The SMILES string of the molecule is C=C=C=C=C=C=C=C=C=C=C=C=C=C=C=C=C=C=C=C=C=C=C=C=C=C=C=C=C=C=C=C=C=C=C=C=C=C=C=C=C=C=C=C=C=C=C=C=C=C=C=C=C=C=C=C=C=C=C=C=C=C=C=C=C=C=C=C=C=C=C=C=C=C=C=C=C=C=C=C=C=C=C=C=C=C=C=C=C=C=C=C=C=C=C=C=C=C=C=C=C. The minimum absolute atomic E-state index is 2.37. The quantitative estimate of drug-likeness (QED) is 0.212. The molecule has 0 radical (unpaired) electrons. The molecule has 0 heteroatoms. The van der Waals surface area contributed by atoms with Crippen molar-refractivity contribution in [3.05, 3.63) is 581 Å². The van der Waals surface area contributed by atoms with Crippen molar-refractivity contribution in [3.8, 4) is 0 Å². The maximum atomic E-state index is 3.32. The highest BCUT2D eigenvalue weighted by Gasteiger charge is 1.51. The summed E-state index contributed by atoms with van der Waals surface area (Å²) in [6, 6.07) is 0. The molecular formula is C101H4. The van der Waals surface area contributed by atoms with Crippen molar-refractivity contribution >= 4 is 0 Å². The van der Waals surface area contributed by atoms with Gasteiger partial charge in [0.05, 0.1) is 0 Å². The third-order valence-electron chi connectivity index (χ3n) is 6.18. The van der Waals surface area contributed by atoms with Gasteiger partial charge in [0.1, 0.15) is 0 Å². The van der Waals surface area contributed by atoms with Gasteiger partial charge in [-0.25, -0.2) is 0 Å². The van der Waals surface area contributed by atoms with E-state index in [-0.39, 0.29) is 0 Å². The minimum atomic E-state index is 2.37. The molecule has 0 aliphatic carbocycles. The molecule has 0 aliphatic rings. The Morgan fingerprint density at radius 2 is 0.0792 bits per heavy atom. The van der Waals surface area contributed by atoms with Crippen molar-refractivity contribution in [2.45, 2.75) is 0 Å². The molecule has 0 bridgehead atoms. The van der Waals surface area contributed by atoms with Crippen molar-refractivity contribution in [3.63, 3.8) is 0 Å². The molecule has 408 valence electrons. The first-order valence-corrected chi connectivity index (χ1v) is 25.2. The first kappa shape index (κ1) is 79.0. The zero-order valence-electron chi connectivity index (χ0n) is 50.9. The average Bonchev–Trinajstić information content (AvgIpc) is 3.68. The second kappa shape index (κ2) is 78.0. The molecule has 0 aromatic heterocycles. The summed E-state index contributed by atoms with van der Waals surface area (Å²) in [6.45, 7) is 6.63. The van der Waals surface area contributed by atoms with E-state index >= 15 is 0 Å². The van der Waals surface area contributed by atoms with Crippen molar-refractivity contribution in [2.75, 3.05) is 0 Å². The topological polar surface area (TPSA) is 0 Å².